The van der Waals surface area contributed by atoms with Gasteiger partial charge < -0.3 is 10.0 Å². The van der Waals surface area contributed by atoms with Crippen LogP contribution in [0.25, 0.3) is 11.3 Å². The fraction of sp³-hybridized carbons (Fsp3) is 0.444. The molecule has 2 heterocycles. The van der Waals surface area contributed by atoms with Crippen molar-refractivity contribution in [1.29, 1.82) is 0 Å². The van der Waals surface area contributed by atoms with Crippen molar-refractivity contribution in [3.05, 3.63) is 39.7 Å². The van der Waals surface area contributed by atoms with Gasteiger partial charge in [0.25, 0.3) is 0 Å². The lowest BCUT2D eigenvalue weighted by Crippen LogP contribution is -2.40. The highest BCUT2D eigenvalue weighted by Gasteiger charge is 2.23. The van der Waals surface area contributed by atoms with Gasteiger partial charge in [0.1, 0.15) is 0 Å². The molecule has 1 aliphatic rings. The highest BCUT2D eigenvalue weighted by atomic mass is 32.1. The predicted molar refractivity (Wildman–Crippen MR) is 92.5 cm³/mol. The number of aliphatic hydroxyl groups is 1. The van der Waals surface area contributed by atoms with E-state index in [-0.39, 0.29) is 12.0 Å². The zero-order valence-corrected chi connectivity index (χ0v) is 14.4. The SMILES string of the molecule is Cc1ccc(-c2nc(C)sc2CC(=O)N2CCC(O)CC2)cc1. The number of nitrogens with zero attached hydrogens (tertiary/aromatic N) is 2. The van der Waals surface area contributed by atoms with Crippen LogP contribution >= 0.6 is 11.3 Å². The van der Waals surface area contributed by atoms with Gasteiger partial charge in [-0.3, -0.25) is 4.79 Å². The summed E-state index contributed by atoms with van der Waals surface area (Å²) in [6, 6.07) is 8.27. The zero-order valence-electron chi connectivity index (χ0n) is 13.6. The molecule has 1 amide bonds. The molecule has 0 unspecified atom stereocenters. The van der Waals surface area contributed by atoms with Crippen LogP contribution in [0.3, 0.4) is 0 Å². The lowest BCUT2D eigenvalue weighted by molar-refractivity contribution is -0.132. The standard InChI is InChI=1S/C18H22N2O2S/c1-12-3-5-14(6-4-12)18-16(23-13(2)19-18)11-17(22)20-9-7-15(21)8-10-20/h3-6,15,21H,7-11H2,1-2H3. The fourth-order valence-corrected chi connectivity index (χ4v) is 3.84. The highest BCUT2D eigenvalue weighted by molar-refractivity contribution is 7.12. The summed E-state index contributed by atoms with van der Waals surface area (Å²) in [7, 11) is 0. The maximum atomic E-state index is 12.5. The van der Waals surface area contributed by atoms with E-state index in [2.05, 4.69) is 36.2 Å². The van der Waals surface area contributed by atoms with Crippen LogP contribution in [-0.2, 0) is 11.2 Å². The first-order chi connectivity index (χ1) is 11.0. The Morgan fingerprint density at radius 1 is 1.26 bits per heavy atom. The molecule has 23 heavy (non-hydrogen) atoms. The molecule has 1 aliphatic heterocycles. The molecule has 1 aromatic heterocycles. The van der Waals surface area contributed by atoms with E-state index in [0.717, 1.165) is 21.1 Å². The monoisotopic (exact) mass is 330 g/mol. The Morgan fingerprint density at radius 3 is 2.57 bits per heavy atom. The third kappa shape index (κ3) is 3.79. The average molecular weight is 330 g/mol. The first-order valence-electron chi connectivity index (χ1n) is 8.02. The van der Waals surface area contributed by atoms with Crippen molar-refractivity contribution in [2.45, 2.75) is 39.2 Å². The molecule has 3 rings (SSSR count). The summed E-state index contributed by atoms with van der Waals surface area (Å²) in [5.41, 5.74) is 3.21. The number of likely N-dealkylation sites (tertiary alicyclic amines) is 1. The molecule has 0 spiro atoms. The first kappa shape index (κ1) is 16.1. The minimum absolute atomic E-state index is 0.133. The Hall–Kier alpha value is -1.72. The molecule has 122 valence electrons. The maximum absolute atomic E-state index is 12.5. The lowest BCUT2D eigenvalue weighted by atomic mass is 10.1. The van der Waals surface area contributed by atoms with E-state index in [1.54, 1.807) is 11.3 Å². The van der Waals surface area contributed by atoms with Crippen molar-refractivity contribution in [3.63, 3.8) is 0 Å². The van der Waals surface area contributed by atoms with Crippen molar-refractivity contribution < 1.29 is 9.90 Å². The molecule has 0 saturated carbocycles. The van der Waals surface area contributed by atoms with Gasteiger partial charge >= 0.3 is 0 Å². The second-order valence-electron chi connectivity index (χ2n) is 6.16. The molecular weight excluding hydrogens is 308 g/mol. The summed E-state index contributed by atoms with van der Waals surface area (Å²) in [6.07, 6.45) is 1.49. The van der Waals surface area contributed by atoms with Gasteiger partial charge in [-0.15, -0.1) is 11.3 Å². The van der Waals surface area contributed by atoms with Crippen molar-refractivity contribution in [3.8, 4) is 11.3 Å². The van der Waals surface area contributed by atoms with Gasteiger partial charge in [0, 0.05) is 23.5 Å². The normalized spacial score (nSPS) is 15.9. The molecule has 4 nitrogen and oxygen atoms in total. The Bertz CT molecular complexity index is 686. The van der Waals surface area contributed by atoms with Gasteiger partial charge in [-0.05, 0) is 26.7 Å². The summed E-state index contributed by atoms with van der Waals surface area (Å²) in [5.74, 6) is 0.133. The number of benzene rings is 1. The summed E-state index contributed by atoms with van der Waals surface area (Å²) in [5, 5.41) is 10.6. The lowest BCUT2D eigenvalue weighted by Gasteiger charge is -2.29. The third-order valence-corrected chi connectivity index (χ3v) is 5.23. The van der Waals surface area contributed by atoms with Crippen LogP contribution in [0.2, 0.25) is 0 Å². The number of thiazole rings is 1. The van der Waals surface area contributed by atoms with E-state index >= 15 is 0 Å². The third-order valence-electron chi connectivity index (χ3n) is 4.26. The van der Waals surface area contributed by atoms with E-state index in [9.17, 15) is 9.90 Å². The van der Waals surface area contributed by atoms with Gasteiger partial charge in [-0.2, -0.15) is 0 Å². The molecule has 2 aromatic rings. The largest absolute Gasteiger partial charge is 0.393 e. The van der Waals surface area contributed by atoms with E-state index in [4.69, 9.17) is 0 Å². The van der Waals surface area contributed by atoms with Crippen LogP contribution < -0.4 is 0 Å². The van der Waals surface area contributed by atoms with E-state index < -0.39 is 0 Å². The van der Waals surface area contributed by atoms with Crippen LogP contribution in [0.15, 0.2) is 24.3 Å². The number of rotatable bonds is 3. The number of piperidine rings is 1. The molecule has 0 atom stereocenters. The van der Waals surface area contributed by atoms with E-state index in [0.29, 0.717) is 32.4 Å². The molecule has 1 saturated heterocycles. The van der Waals surface area contributed by atoms with Crippen LogP contribution in [0.4, 0.5) is 0 Å². The Kier molecular flexibility index (Phi) is 4.78. The number of aliphatic hydroxyl groups excluding tert-OH is 1. The molecule has 0 radical (unpaired) electrons. The molecule has 0 aliphatic carbocycles. The smallest absolute Gasteiger partial charge is 0.227 e. The minimum Gasteiger partial charge on any atom is -0.393 e. The van der Waals surface area contributed by atoms with Crippen molar-refractivity contribution in [1.82, 2.24) is 9.88 Å². The number of aryl methyl sites for hydroxylation is 2. The number of amides is 1. The topological polar surface area (TPSA) is 53.4 Å². The first-order valence-corrected chi connectivity index (χ1v) is 8.84. The van der Waals surface area contributed by atoms with Crippen molar-refractivity contribution >= 4 is 17.2 Å². The van der Waals surface area contributed by atoms with Gasteiger partial charge in [0.2, 0.25) is 5.91 Å². The average Bonchev–Trinajstić information content (AvgIpc) is 2.89. The van der Waals surface area contributed by atoms with Crippen LogP contribution in [0, 0.1) is 13.8 Å². The van der Waals surface area contributed by atoms with Gasteiger partial charge in [0.05, 0.1) is 23.2 Å². The molecular formula is C18H22N2O2S. The number of aromatic nitrogens is 1. The summed E-state index contributed by atoms with van der Waals surface area (Å²) >= 11 is 1.60. The quantitative estimate of drug-likeness (QED) is 0.941. The molecule has 5 heteroatoms. The fourth-order valence-electron chi connectivity index (χ4n) is 2.89. The number of hydrogen-bond donors (Lipinski definition) is 1. The number of carbonyl (C=O) groups is 1. The van der Waals surface area contributed by atoms with Gasteiger partial charge in [-0.1, -0.05) is 29.8 Å². The summed E-state index contributed by atoms with van der Waals surface area (Å²) < 4.78 is 0. The zero-order chi connectivity index (χ0) is 16.4. The predicted octanol–water partition coefficient (Wildman–Crippen LogP) is 2.95. The van der Waals surface area contributed by atoms with Gasteiger partial charge in [-0.25, -0.2) is 4.98 Å². The number of carbonyl (C=O) groups excluding carboxylic acids is 1. The second kappa shape index (κ2) is 6.81. The highest BCUT2D eigenvalue weighted by Crippen LogP contribution is 2.29. The Balaban J connectivity index is 1.78. The van der Waals surface area contributed by atoms with E-state index in [1.807, 2.05) is 11.8 Å². The van der Waals surface area contributed by atoms with Crippen molar-refractivity contribution in [2.24, 2.45) is 0 Å². The molecule has 1 aromatic carbocycles. The van der Waals surface area contributed by atoms with Gasteiger partial charge in [0.15, 0.2) is 0 Å². The Morgan fingerprint density at radius 2 is 1.91 bits per heavy atom. The molecule has 1 fully saturated rings. The second-order valence-corrected chi connectivity index (χ2v) is 7.45. The molecule has 1 N–H and O–H groups in total. The van der Waals surface area contributed by atoms with Crippen LogP contribution in [0.1, 0.15) is 28.3 Å². The Labute approximate surface area is 140 Å². The maximum Gasteiger partial charge on any atom is 0.227 e. The van der Waals surface area contributed by atoms with Crippen LogP contribution in [0.5, 0.6) is 0 Å². The van der Waals surface area contributed by atoms with E-state index in [1.165, 1.54) is 5.56 Å². The summed E-state index contributed by atoms with van der Waals surface area (Å²) in [4.78, 5) is 20.1. The van der Waals surface area contributed by atoms with Crippen LogP contribution in [-0.4, -0.2) is 40.1 Å². The molecule has 0 bridgehead atoms. The number of hydrogen-bond acceptors (Lipinski definition) is 4. The van der Waals surface area contributed by atoms with Crippen molar-refractivity contribution in [2.75, 3.05) is 13.1 Å². The minimum atomic E-state index is -0.257. The summed E-state index contributed by atoms with van der Waals surface area (Å²) in [6.45, 7) is 5.34.